The second kappa shape index (κ2) is 12.2. The molecule has 1 saturated heterocycles. The number of amides is 1. The summed E-state index contributed by atoms with van der Waals surface area (Å²) in [5, 5.41) is 13.7. The van der Waals surface area contributed by atoms with E-state index < -0.39 is 17.4 Å². The van der Waals surface area contributed by atoms with E-state index in [1.807, 2.05) is 49.4 Å². The molecule has 37 heavy (non-hydrogen) atoms. The van der Waals surface area contributed by atoms with Gasteiger partial charge in [-0.2, -0.15) is 0 Å². The average Bonchev–Trinajstić information content (AvgIpc) is 3.30. The first-order chi connectivity index (χ1) is 17.8. The molecule has 0 aromatic heterocycles. The Hall–Kier alpha value is -2.70. The Balaban J connectivity index is 1.71. The van der Waals surface area contributed by atoms with Crippen molar-refractivity contribution in [2.45, 2.75) is 64.3 Å². The maximum absolute atomic E-state index is 13.6. The number of aliphatic carboxylic acids is 1. The van der Waals surface area contributed by atoms with Gasteiger partial charge in [0.05, 0.1) is 29.4 Å². The molecule has 2 N–H and O–H groups in total. The molecule has 0 unspecified atom stereocenters. The Morgan fingerprint density at radius 2 is 1.86 bits per heavy atom. The number of carbonyl (C=O) groups excluding carboxylic acids is 1. The van der Waals surface area contributed by atoms with Crippen molar-refractivity contribution >= 4 is 34.9 Å². The number of rotatable bonds is 9. The van der Waals surface area contributed by atoms with Gasteiger partial charge >= 0.3 is 5.97 Å². The number of anilines is 1. The number of halogens is 1. The summed E-state index contributed by atoms with van der Waals surface area (Å²) in [6.07, 6.45) is 6.96. The van der Waals surface area contributed by atoms with E-state index in [-0.39, 0.29) is 18.4 Å². The van der Waals surface area contributed by atoms with E-state index in [1.165, 1.54) is 6.42 Å². The zero-order valence-corrected chi connectivity index (χ0v) is 22.6. The van der Waals surface area contributed by atoms with Crippen LogP contribution in [-0.2, 0) is 9.59 Å². The molecule has 2 fully saturated rings. The molecule has 1 heterocycles. The minimum Gasteiger partial charge on any atom is -0.481 e. The maximum atomic E-state index is 13.6. The topological polar surface area (TPSA) is 82.0 Å². The van der Waals surface area contributed by atoms with Gasteiger partial charge in [0.2, 0.25) is 5.91 Å². The lowest BCUT2D eigenvalue weighted by Gasteiger charge is -2.33. The standard InChI is InChI=1S/C30H38ClN3O3/c1-3-34-18-10-17-30(34,2)29(37)33-26-16-15-23(31)19-24(26)27(22-13-8-5-9-14-22)32-20-25(28(35)36)21-11-6-4-7-12-21/h5,8-9,13-16,19,21,25H,3-4,6-7,10-12,17-18,20H2,1-2H3,(H,33,37)(H,35,36)/t25-,30-/m1/s1. The summed E-state index contributed by atoms with van der Waals surface area (Å²) in [4.78, 5) is 32.9. The van der Waals surface area contributed by atoms with Crippen LogP contribution >= 0.6 is 11.6 Å². The third kappa shape index (κ3) is 6.24. The van der Waals surface area contributed by atoms with Gasteiger partial charge in [-0.15, -0.1) is 0 Å². The molecule has 0 spiro atoms. The first-order valence-corrected chi connectivity index (χ1v) is 13.9. The normalized spacial score (nSPS) is 22.1. The smallest absolute Gasteiger partial charge is 0.308 e. The summed E-state index contributed by atoms with van der Waals surface area (Å²) >= 11 is 6.45. The molecule has 1 aliphatic heterocycles. The van der Waals surface area contributed by atoms with Gasteiger partial charge < -0.3 is 10.4 Å². The molecule has 2 aliphatic rings. The van der Waals surface area contributed by atoms with Crippen LogP contribution in [-0.4, -0.2) is 52.8 Å². The lowest BCUT2D eigenvalue weighted by atomic mass is 9.80. The quantitative estimate of drug-likeness (QED) is 0.379. The van der Waals surface area contributed by atoms with Crippen LogP contribution < -0.4 is 5.32 Å². The summed E-state index contributed by atoms with van der Waals surface area (Å²) in [6.45, 7) is 5.98. The Morgan fingerprint density at radius 1 is 1.14 bits per heavy atom. The fraction of sp³-hybridized carbons (Fsp3) is 0.500. The number of likely N-dealkylation sites (tertiary alicyclic amines) is 1. The number of hydrogen-bond donors (Lipinski definition) is 2. The van der Waals surface area contributed by atoms with Gasteiger partial charge in [-0.05, 0) is 69.8 Å². The highest BCUT2D eigenvalue weighted by atomic mass is 35.5. The van der Waals surface area contributed by atoms with Crippen LogP contribution in [0.2, 0.25) is 5.02 Å². The maximum Gasteiger partial charge on any atom is 0.308 e. The number of nitrogens with one attached hydrogen (secondary N) is 1. The first-order valence-electron chi connectivity index (χ1n) is 13.5. The molecule has 198 valence electrons. The summed E-state index contributed by atoms with van der Waals surface area (Å²) in [5.74, 6) is -1.25. The third-order valence-corrected chi connectivity index (χ3v) is 8.41. The van der Waals surface area contributed by atoms with Crippen molar-refractivity contribution in [1.29, 1.82) is 0 Å². The van der Waals surface area contributed by atoms with Gasteiger partial charge in [0, 0.05) is 16.1 Å². The van der Waals surface area contributed by atoms with E-state index in [4.69, 9.17) is 16.6 Å². The molecule has 2 atom stereocenters. The molecule has 1 aliphatic carbocycles. The van der Waals surface area contributed by atoms with Crippen molar-refractivity contribution in [2.75, 3.05) is 25.0 Å². The summed E-state index contributed by atoms with van der Waals surface area (Å²) in [6, 6.07) is 15.1. The minimum absolute atomic E-state index is 0.0477. The summed E-state index contributed by atoms with van der Waals surface area (Å²) in [5.41, 5.74) is 2.25. The Kier molecular flexibility index (Phi) is 9.04. The fourth-order valence-electron chi connectivity index (χ4n) is 5.94. The summed E-state index contributed by atoms with van der Waals surface area (Å²) < 4.78 is 0. The van der Waals surface area contributed by atoms with Crippen molar-refractivity contribution < 1.29 is 14.7 Å². The molecule has 6 nitrogen and oxygen atoms in total. The fourth-order valence-corrected chi connectivity index (χ4v) is 6.12. The van der Waals surface area contributed by atoms with E-state index in [0.29, 0.717) is 22.0 Å². The zero-order valence-electron chi connectivity index (χ0n) is 21.9. The number of benzene rings is 2. The van der Waals surface area contributed by atoms with Gasteiger partial charge in [-0.3, -0.25) is 19.5 Å². The first kappa shape index (κ1) is 27.3. The second-order valence-corrected chi connectivity index (χ2v) is 10.9. The van der Waals surface area contributed by atoms with Crippen LogP contribution in [0, 0.1) is 11.8 Å². The van der Waals surface area contributed by atoms with Gasteiger partial charge in [0.15, 0.2) is 0 Å². The number of nitrogens with zero attached hydrogens (tertiary/aromatic N) is 2. The lowest BCUT2D eigenvalue weighted by Crippen LogP contribution is -2.50. The molecule has 4 rings (SSSR count). The van der Waals surface area contributed by atoms with Gasteiger partial charge in [-0.25, -0.2) is 0 Å². The summed E-state index contributed by atoms with van der Waals surface area (Å²) in [7, 11) is 0. The highest BCUT2D eigenvalue weighted by Gasteiger charge is 2.42. The van der Waals surface area contributed by atoms with E-state index in [2.05, 4.69) is 17.1 Å². The minimum atomic E-state index is -0.795. The van der Waals surface area contributed by atoms with Gasteiger partial charge in [0.1, 0.15) is 0 Å². The van der Waals surface area contributed by atoms with Crippen molar-refractivity contribution in [2.24, 2.45) is 16.8 Å². The van der Waals surface area contributed by atoms with Crippen molar-refractivity contribution in [3.05, 3.63) is 64.7 Å². The van der Waals surface area contributed by atoms with E-state index in [9.17, 15) is 14.7 Å². The number of carboxylic acids is 1. The van der Waals surface area contributed by atoms with Crippen LogP contribution in [0.3, 0.4) is 0 Å². The molecule has 1 amide bonds. The van der Waals surface area contributed by atoms with Crippen LogP contribution in [0.25, 0.3) is 0 Å². The number of aliphatic imine (C=N–C) groups is 1. The molecular weight excluding hydrogens is 486 g/mol. The SMILES string of the molecule is CCN1CCC[C@]1(C)C(=O)Nc1ccc(Cl)cc1C(=NC[C@@H](C(=O)O)C1CCCCC1)c1ccccc1. The Bertz CT molecular complexity index is 1130. The van der Waals surface area contributed by atoms with Crippen LogP contribution in [0.5, 0.6) is 0 Å². The largest absolute Gasteiger partial charge is 0.481 e. The lowest BCUT2D eigenvalue weighted by molar-refractivity contribution is -0.143. The predicted molar refractivity (Wildman–Crippen MR) is 150 cm³/mol. The van der Waals surface area contributed by atoms with Gasteiger partial charge in [-0.1, -0.05) is 68.1 Å². The molecule has 2 aromatic rings. The molecule has 7 heteroatoms. The van der Waals surface area contributed by atoms with Crippen molar-refractivity contribution in [3.63, 3.8) is 0 Å². The Labute approximate surface area is 225 Å². The van der Waals surface area contributed by atoms with E-state index >= 15 is 0 Å². The molecular formula is C30H38ClN3O3. The third-order valence-electron chi connectivity index (χ3n) is 8.17. The highest BCUT2D eigenvalue weighted by Crippen LogP contribution is 2.33. The van der Waals surface area contributed by atoms with Crippen LogP contribution in [0.15, 0.2) is 53.5 Å². The molecule has 0 bridgehead atoms. The predicted octanol–water partition coefficient (Wildman–Crippen LogP) is 6.27. The van der Waals surface area contributed by atoms with Gasteiger partial charge in [0.25, 0.3) is 0 Å². The Morgan fingerprint density at radius 3 is 2.54 bits per heavy atom. The van der Waals surface area contributed by atoms with Crippen molar-refractivity contribution in [1.82, 2.24) is 4.90 Å². The van der Waals surface area contributed by atoms with E-state index in [1.54, 1.807) is 6.07 Å². The number of carboxylic acid groups (broad SMARTS) is 1. The number of carbonyl (C=O) groups is 2. The number of likely N-dealkylation sites (N-methyl/N-ethyl adjacent to an activating group) is 1. The van der Waals surface area contributed by atoms with E-state index in [0.717, 1.165) is 57.2 Å². The monoisotopic (exact) mass is 523 g/mol. The molecule has 0 radical (unpaired) electrons. The molecule has 1 saturated carbocycles. The van der Waals surface area contributed by atoms with Crippen LogP contribution in [0.4, 0.5) is 5.69 Å². The number of hydrogen-bond acceptors (Lipinski definition) is 4. The second-order valence-electron chi connectivity index (χ2n) is 10.5. The molecule has 2 aromatic carbocycles. The van der Waals surface area contributed by atoms with Crippen LogP contribution in [0.1, 0.15) is 69.9 Å². The highest BCUT2D eigenvalue weighted by molar-refractivity contribution is 6.31. The average molecular weight is 524 g/mol. The van der Waals surface area contributed by atoms with Crippen molar-refractivity contribution in [3.8, 4) is 0 Å². The zero-order chi connectivity index (χ0) is 26.4.